The van der Waals surface area contributed by atoms with Crippen LogP contribution in [0.1, 0.15) is 12.0 Å². The Balaban J connectivity index is 2.47. The molecule has 0 aromatic heterocycles. The summed E-state index contributed by atoms with van der Waals surface area (Å²) in [6.45, 7) is 0. The van der Waals surface area contributed by atoms with Crippen LogP contribution < -0.4 is 5.32 Å². The van der Waals surface area contributed by atoms with Crippen LogP contribution in [0.3, 0.4) is 0 Å². The van der Waals surface area contributed by atoms with Crippen LogP contribution in [0.25, 0.3) is 0 Å². The van der Waals surface area contributed by atoms with Gasteiger partial charge in [-0.05, 0) is 24.1 Å². The van der Waals surface area contributed by atoms with Crippen molar-refractivity contribution in [1.29, 1.82) is 0 Å². The third-order valence-corrected chi connectivity index (χ3v) is 2.09. The van der Waals surface area contributed by atoms with Gasteiger partial charge in [0.2, 0.25) is 0 Å². The second-order valence-electron chi connectivity index (χ2n) is 3.02. The van der Waals surface area contributed by atoms with E-state index in [1.807, 2.05) is 31.3 Å². The van der Waals surface area contributed by atoms with Crippen molar-refractivity contribution in [3.8, 4) is 0 Å². The fourth-order valence-corrected chi connectivity index (χ4v) is 1.19. The molecule has 0 bridgehead atoms. The van der Waals surface area contributed by atoms with E-state index in [4.69, 9.17) is 0 Å². The molecular formula is C11H15NO2. The van der Waals surface area contributed by atoms with E-state index in [9.17, 15) is 4.79 Å². The van der Waals surface area contributed by atoms with Gasteiger partial charge in [0.15, 0.2) is 0 Å². The van der Waals surface area contributed by atoms with Crippen molar-refractivity contribution in [1.82, 2.24) is 0 Å². The van der Waals surface area contributed by atoms with Gasteiger partial charge in [0, 0.05) is 19.2 Å². The lowest BCUT2D eigenvalue weighted by atomic mass is 10.1. The summed E-state index contributed by atoms with van der Waals surface area (Å²) in [4.78, 5) is 10.9. The molecule has 0 aliphatic carbocycles. The first-order valence-electron chi connectivity index (χ1n) is 4.59. The zero-order chi connectivity index (χ0) is 10.4. The number of carbonyl (C=O) groups is 1. The summed E-state index contributed by atoms with van der Waals surface area (Å²) in [6, 6.07) is 8.00. The van der Waals surface area contributed by atoms with Crippen LogP contribution in [0.4, 0.5) is 5.69 Å². The van der Waals surface area contributed by atoms with Gasteiger partial charge >= 0.3 is 5.97 Å². The molecule has 0 radical (unpaired) electrons. The van der Waals surface area contributed by atoms with Gasteiger partial charge in [-0.25, -0.2) is 0 Å². The van der Waals surface area contributed by atoms with Crippen molar-refractivity contribution in [2.24, 2.45) is 0 Å². The van der Waals surface area contributed by atoms with Crippen molar-refractivity contribution in [2.75, 3.05) is 19.5 Å². The quantitative estimate of drug-likeness (QED) is 0.741. The summed E-state index contributed by atoms with van der Waals surface area (Å²) in [5.74, 6) is -0.164. The van der Waals surface area contributed by atoms with E-state index in [0.29, 0.717) is 6.42 Å². The maximum Gasteiger partial charge on any atom is 0.305 e. The Morgan fingerprint density at radius 2 is 2.00 bits per heavy atom. The number of benzene rings is 1. The predicted octanol–water partition coefficient (Wildman–Crippen LogP) is 1.83. The predicted molar refractivity (Wildman–Crippen MR) is 56.3 cm³/mol. The number of anilines is 1. The summed E-state index contributed by atoms with van der Waals surface area (Å²) < 4.78 is 4.57. The van der Waals surface area contributed by atoms with Crippen molar-refractivity contribution >= 4 is 11.7 Å². The Morgan fingerprint density at radius 3 is 2.50 bits per heavy atom. The second kappa shape index (κ2) is 5.27. The molecular weight excluding hydrogens is 178 g/mol. The van der Waals surface area contributed by atoms with Crippen LogP contribution in [0, 0.1) is 0 Å². The van der Waals surface area contributed by atoms with Crippen molar-refractivity contribution in [3.05, 3.63) is 29.8 Å². The summed E-state index contributed by atoms with van der Waals surface area (Å²) in [6.07, 6.45) is 1.17. The molecule has 0 fully saturated rings. The fraction of sp³-hybridized carbons (Fsp3) is 0.364. The van der Waals surface area contributed by atoms with Gasteiger partial charge in [-0.15, -0.1) is 0 Å². The van der Waals surface area contributed by atoms with Crippen LogP contribution in [0.15, 0.2) is 24.3 Å². The van der Waals surface area contributed by atoms with Crippen LogP contribution in [0.5, 0.6) is 0 Å². The number of hydrogen-bond donors (Lipinski definition) is 1. The van der Waals surface area contributed by atoms with Crippen molar-refractivity contribution in [2.45, 2.75) is 12.8 Å². The minimum absolute atomic E-state index is 0.164. The van der Waals surface area contributed by atoms with Gasteiger partial charge in [0.1, 0.15) is 0 Å². The molecule has 3 nitrogen and oxygen atoms in total. The Morgan fingerprint density at radius 1 is 1.36 bits per heavy atom. The summed E-state index contributed by atoms with van der Waals surface area (Å²) in [7, 11) is 3.29. The standard InChI is InChI=1S/C11H15NO2/c1-12-10-6-3-9(4-7-10)5-8-11(13)14-2/h3-4,6-7,12H,5,8H2,1-2H3. The highest BCUT2D eigenvalue weighted by Gasteiger charge is 2.00. The second-order valence-corrected chi connectivity index (χ2v) is 3.02. The van der Waals surface area contributed by atoms with E-state index in [0.717, 1.165) is 17.7 Å². The highest BCUT2D eigenvalue weighted by Crippen LogP contribution is 2.10. The molecule has 0 atom stereocenters. The average molecular weight is 193 g/mol. The van der Waals surface area contributed by atoms with Gasteiger partial charge in [-0.1, -0.05) is 12.1 Å². The van der Waals surface area contributed by atoms with Gasteiger partial charge < -0.3 is 10.1 Å². The number of carbonyl (C=O) groups excluding carboxylic acids is 1. The molecule has 0 unspecified atom stereocenters. The lowest BCUT2D eigenvalue weighted by Crippen LogP contribution is -2.01. The smallest absolute Gasteiger partial charge is 0.305 e. The Bertz CT molecular complexity index is 293. The molecule has 0 heterocycles. The number of rotatable bonds is 4. The average Bonchev–Trinajstić information content (AvgIpc) is 2.26. The van der Waals surface area contributed by atoms with Crippen LogP contribution in [-0.2, 0) is 16.0 Å². The molecule has 14 heavy (non-hydrogen) atoms. The van der Waals surface area contributed by atoms with Gasteiger partial charge in [0.05, 0.1) is 7.11 Å². The number of esters is 1. The highest BCUT2D eigenvalue weighted by molar-refractivity contribution is 5.69. The largest absolute Gasteiger partial charge is 0.469 e. The monoisotopic (exact) mass is 193 g/mol. The maximum atomic E-state index is 10.9. The third-order valence-electron chi connectivity index (χ3n) is 2.09. The molecule has 0 amide bonds. The number of aryl methyl sites for hydroxylation is 1. The molecule has 3 heteroatoms. The molecule has 0 saturated carbocycles. The molecule has 76 valence electrons. The first kappa shape index (κ1) is 10.6. The van der Waals surface area contributed by atoms with Gasteiger partial charge in [0.25, 0.3) is 0 Å². The highest BCUT2D eigenvalue weighted by atomic mass is 16.5. The molecule has 0 aliphatic rings. The molecule has 1 rings (SSSR count). The zero-order valence-corrected chi connectivity index (χ0v) is 8.54. The summed E-state index contributed by atoms with van der Waals surface area (Å²) in [5, 5.41) is 3.04. The SMILES string of the molecule is CNc1ccc(CCC(=O)OC)cc1. The van der Waals surface area contributed by atoms with E-state index in [1.165, 1.54) is 7.11 Å². The Labute approximate surface area is 84.1 Å². The van der Waals surface area contributed by atoms with Crippen LogP contribution in [0.2, 0.25) is 0 Å². The van der Waals surface area contributed by atoms with Gasteiger partial charge in [-0.3, -0.25) is 4.79 Å². The minimum atomic E-state index is -0.164. The third kappa shape index (κ3) is 3.09. The van der Waals surface area contributed by atoms with Gasteiger partial charge in [-0.2, -0.15) is 0 Å². The molecule has 0 spiro atoms. The Hall–Kier alpha value is -1.51. The van der Waals surface area contributed by atoms with E-state index >= 15 is 0 Å². The first-order valence-corrected chi connectivity index (χ1v) is 4.59. The van der Waals surface area contributed by atoms with E-state index in [1.54, 1.807) is 0 Å². The van der Waals surface area contributed by atoms with E-state index < -0.39 is 0 Å². The first-order chi connectivity index (χ1) is 6.76. The Kier molecular flexibility index (Phi) is 3.98. The van der Waals surface area contributed by atoms with E-state index in [-0.39, 0.29) is 5.97 Å². The topological polar surface area (TPSA) is 38.3 Å². The van der Waals surface area contributed by atoms with Crippen molar-refractivity contribution < 1.29 is 9.53 Å². The molecule has 1 N–H and O–H groups in total. The zero-order valence-electron chi connectivity index (χ0n) is 8.54. The molecule has 1 aromatic rings. The normalized spacial score (nSPS) is 9.57. The lowest BCUT2D eigenvalue weighted by molar-refractivity contribution is -0.140. The van der Waals surface area contributed by atoms with E-state index in [2.05, 4.69) is 10.1 Å². The number of methoxy groups -OCH3 is 1. The molecule has 0 saturated heterocycles. The maximum absolute atomic E-state index is 10.9. The minimum Gasteiger partial charge on any atom is -0.469 e. The number of ether oxygens (including phenoxy) is 1. The molecule has 0 aliphatic heterocycles. The lowest BCUT2D eigenvalue weighted by Gasteiger charge is -2.02. The molecule has 1 aromatic carbocycles. The summed E-state index contributed by atoms with van der Waals surface area (Å²) in [5.41, 5.74) is 2.22. The fourth-order valence-electron chi connectivity index (χ4n) is 1.19. The van der Waals surface area contributed by atoms with Crippen LogP contribution >= 0.6 is 0 Å². The number of nitrogens with one attached hydrogen (secondary N) is 1. The summed E-state index contributed by atoms with van der Waals surface area (Å²) >= 11 is 0. The number of hydrogen-bond acceptors (Lipinski definition) is 3. The van der Waals surface area contributed by atoms with Crippen molar-refractivity contribution in [3.63, 3.8) is 0 Å². The van der Waals surface area contributed by atoms with Crippen LogP contribution in [-0.4, -0.2) is 20.1 Å².